The molecule has 0 N–H and O–H groups in total. The van der Waals surface area contributed by atoms with Crippen LogP contribution in [-0.2, 0) is 4.74 Å². The molecule has 12 heteroatoms. The molecule has 0 radical (unpaired) electrons. The standard InChI is InChI=1S/C7H5BrF10O/c8-7(17,18)4(10,11)1-2-19-6(15,16)3(9)5(12,13)14/h3H,1-2H2/t3-/m1/s1. The van der Waals surface area contributed by atoms with E-state index in [0.717, 1.165) is 0 Å². The van der Waals surface area contributed by atoms with Gasteiger partial charge < -0.3 is 4.74 Å². The normalized spacial score (nSPS) is 16.6. The molecule has 0 spiro atoms. The predicted octanol–water partition coefficient (Wildman–Crippen LogP) is 4.51. The molecule has 116 valence electrons. The second-order valence-electron chi connectivity index (χ2n) is 3.27. The van der Waals surface area contributed by atoms with Crippen LogP contribution in [0.3, 0.4) is 0 Å². The molecule has 19 heavy (non-hydrogen) atoms. The SMILES string of the molecule is F[C@H](C(F)(F)F)C(F)(F)OCCC(F)(F)C(F)(F)Br. The number of ether oxygens (including phenoxy) is 1. The van der Waals surface area contributed by atoms with E-state index in [2.05, 4.69) is 4.74 Å². The Morgan fingerprint density at radius 2 is 1.32 bits per heavy atom. The smallest absolute Gasteiger partial charge is 0.318 e. The van der Waals surface area contributed by atoms with E-state index >= 15 is 0 Å². The van der Waals surface area contributed by atoms with E-state index in [-0.39, 0.29) is 0 Å². The fraction of sp³-hybridized carbons (Fsp3) is 1.00. The molecule has 1 atom stereocenters. The van der Waals surface area contributed by atoms with Crippen LogP contribution in [0.15, 0.2) is 0 Å². The Balaban J connectivity index is 4.50. The minimum absolute atomic E-state index is 1.26. The number of hydrogen-bond donors (Lipinski definition) is 0. The average Bonchev–Trinajstić information content (AvgIpc) is 2.12. The number of hydrogen-bond acceptors (Lipinski definition) is 1. The summed E-state index contributed by atoms with van der Waals surface area (Å²) < 4.78 is 124. The van der Waals surface area contributed by atoms with Gasteiger partial charge in [-0.1, -0.05) is 0 Å². The van der Waals surface area contributed by atoms with Gasteiger partial charge in [0.2, 0.25) is 0 Å². The first kappa shape index (κ1) is 18.7. The molecule has 0 unspecified atom stereocenters. The van der Waals surface area contributed by atoms with Crippen molar-refractivity contribution < 1.29 is 48.6 Å². The zero-order valence-electron chi connectivity index (χ0n) is 8.56. The van der Waals surface area contributed by atoms with Crippen molar-refractivity contribution in [2.45, 2.75) is 35.6 Å². The number of rotatable bonds is 6. The molecule has 0 aromatic carbocycles. The lowest BCUT2D eigenvalue weighted by Gasteiger charge is -2.25. The first-order valence-electron chi connectivity index (χ1n) is 4.28. The van der Waals surface area contributed by atoms with Gasteiger partial charge in [0.05, 0.1) is 6.61 Å². The van der Waals surface area contributed by atoms with Crippen LogP contribution in [0.5, 0.6) is 0 Å². The zero-order valence-corrected chi connectivity index (χ0v) is 10.1. The van der Waals surface area contributed by atoms with E-state index in [9.17, 15) is 43.9 Å². The van der Waals surface area contributed by atoms with Gasteiger partial charge in [-0.2, -0.15) is 39.5 Å². The van der Waals surface area contributed by atoms with Gasteiger partial charge in [0.25, 0.3) is 6.17 Å². The Morgan fingerprint density at radius 1 is 0.895 bits per heavy atom. The third-order valence-corrected chi connectivity index (χ3v) is 2.29. The monoisotopic (exact) mass is 374 g/mol. The summed E-state index contributed by atoms with van der Waals surface area (Å²) in [7, 11) is 0. The fourth-order valence-corrected chi connectivity index (χ4v) is 0.919. The van der Waals surface area contributed by atoms with Gasteiger partial charge in [0, 0.05) is 6.42 Å². The van der Waals surface area contributed by atoms with Crippen molar-refractivity contribution in [1.82, 2.24) is 0 Å². The van der Waals surface area contributed by atoms with Crippen LogP contribution in [0.2, 0.25) is 0 Å². The third-order valence-electron chi connectivity index (χ3n) is 1.71. The summed E-state index contributed by atoms with van der Waals surface area (Å²) >= 11 is 1.26. The van der Waals surface area contributed by atoms with Crippen LogP contribution >= 0.6 is 15.9 Å². The highest BCUT2D eigenvalue weighted by Crippen LogP contribution is 2.42. The lowest BCUT2D eigenvalue weighted by atomic mass is 10.2. The number of halogens is 11. The summed E-state index contributed by atoms with van der Waals surface area (Å²) in [5.74, 6) is -4.85. The van der Waals surface area contributed by atoms with Crippen LogP contribution < -0.4 is 0 Å². The molecule has 0 heterocycles. The van der Waals surface area contributed by atoms with Gasteiger partial charge in [0.1, 0.15) is 0 Å². The van der Waals surface area contributed by atoms with Crippen molar-refractivity contribution in [2.75, 3.05) is 6.61 Å². The molecule has 0 aliphatic heterocycles. The molecule has 0 saturated heterocycles. The second-order valence-corrected chi connectivity index (χ2v) is 4.26. The van der Waals surface area contributed by atoms with Gasteiger partial charge in [-0.25, -0.2) is 4.39 Å². The molecule has 0 aliphatic carbocycles. The van der Waals surface area contributed by atoms with Gasteiger partial charge in [-0.15, -0.1) is 0 Å². The molecule has 0 rings (SSSR count). The van der Waals surface area contributed by atoms with E-state index < -0.39 is 42.2 Å². The minimum atomic E-state index is -5.98. The highest BCUT2D eigenvalue weighted by atomic mass is 79.9. The molecule has 0 bridgehead atoms. The highest BCUT2D eigenvalue weighted by molar-refractivity contribution is 9.10. The Labute approximate surface area is 108 Å². The lowest BCUT2D eigenvalue weighted by Crippen LogP contribution is -2.44. The Kier molecular flexibility index (Phi) is 5.54. The van der Waals surface area contributed by atoms with Crippen LogP contribution in [0.1, 0.15) is 6.42 Å². The minimum Gasteiger partial charge on any atom is -0.318 e. The maximum Gasteiger partial charge on any atom is 0.428 e. The van der Waals surface area contributed by atoms with Crippen molar-refractivity contribution in [3.8, 4) is 0 Å². The maximum absolute atomic E-state index is 12.5. The average molecular weight is 375 g/mol. The van der Waals surface area contributed by atoms with E-state index in [4.69, 9.17) is 0 Å². The van der Waals surface area contributed by atoms with Gasteiger partial charge in [0.15, 0.2) is 0 Å². The first-order valence-corrected chi connectivity index (χ1v) is 5.07. The van der Waals surface area contributed by atoms with Crippen molar-refractivity contribution in [3.63, 3.8) is 0 Å². The van der Waals surface area contributed by atoms with E-state index in [1.807, 2.05) is 0 Å². The van der Waals surface area contributed by atoms with Crippen molar-refractivity contribution in [3.05, 3.63) is 0 Å². The fourth-order valence-electron chi connectivity index (χ4n) is 0.721. The first-order chi connectivity index (χ1) is 8.11. The molecule has 0 aromatic rings. The van der Waals surface area contributed by atoms with Crippen LogP contribution in [0.25, 0.3) is 0 Å². The Bertz CT molecular complexity index is 295. The van der Waals surface area contributed by atoms with Gasteiger partial charge in [-0.3, -0.25) is 0 Å². The molecule has 0 saturated carbocycles. The van der Waals surface area contributed by atoms with Crippen LogP contribution in [0.4, 0.5) is 43.9 Å². The molecular formula is C7H5BrF10O. The molecule has 0 aromatic heterocycles. The summed E-state index contributed by atoms with van der Waals surface area (Å²) in [4.78, 5) is -4.77. The zero-order chi connectivity index (χ0) is 15.7. The molecule has 0 fully saturated rings. The van der Waals surface area contributed by atoms with E-state index in [0.29, 0.717) is 0 Å². The van der Waals surface area contributed by atoms with Gasteiger partial charge >= 0.3 is 23.0 Å². The van der Waals surface area contributed by atoms with E-state index in [1.165, 1.54) is 15.9 Å². The number of alkyl halides is 11. The summed E-state index contributed by atoms with van der Waals surface area (Å²) in [6.45, 7) is -1.91. The summed E-state index contributed by atoms with van der Waals surface area (Å²) in [6, 6.07) is 0. The summed E-state index contributed by atoms with van der Waals surface area (Å²) in [6.07, 6.45) is -18.2. The molecular weight excluding hydrogens is 370 g/mol. The topological polar surface area (TPSA) is 9.23 Å². The molecule has 1 nitrogen and oxygen atoms in total. The summed E-state index contributed by atoms with van der Waals surface area (Å²) in [5, 5.41) is 0. The third kappa shape index (κ3) is 5.32. The van der Waals surface area contributed by atoms with Crippen molar-refractivity contribution in [1.29, 1.82) is 0 Å². The predicted molar refractivity (Wildman–Crippen MR) is 45.3 cm³/mol. The van der Waals surface area contributed by atoms with Crippen molar-refractivity contribution >= 4 is 15.9 Å². The van der Waals surface area contributed by atoms with Crippen molar-refractivity contribution in [2.24, 2.45) is 0 Å². The quantitative estimate of drug-likeness (QED) is 0.491. The largest absolute Gasteiger partial charge is 0.428 e. The van der Waals surface area contributed by atoms with Gasteiger partial charge in [-0.05, 0) is 15.9 Å². The maximum atomic E-state index is 12.5. The molecule has 0 aliphatic rings. The van der Waals surface area contributed by atoms with E-state index in [1.54, 1.807) is 0 Å². The molecule has 0 amide bonds. The summed E-state index contributed by atoms with van der Waals surface area (Å²) in [5.41, 5.74) is 0. The Hall–Kier alpha value is -0.260. The van der Waals surface area contributed by atoms with Crippen LogP contribution in [0, 0.1) is 0 Å². The van der Waals surface area contributed by atoms with Crippen LogP contribution in [-0.4, -0.2) is 35.8 Å². The Morgan fingerprint density at radius 3 is 1.63 bits per heavy atom. The highest BCUT2D eigenvalue weighted by Gasteiger charge is 2.59. The lowest BCUT2D eigenvalue weighted by molar-refractivity contribution is -0.338. The second kappa shape index (κ2) is 5.62.